The molecule has 4 rings (SSSR count). The van der Waals surface area contributed by atoms with Crippen molar-refractivity contribution >= 4 is 29.3 Å². The largest absolute Gasteiger partial charge is 0.376 e. The molecule has 168 valence electrons. The molecule has 2 aliphatic rings. The van der Waals surface area contributed by atoms with Crippen LogP contribution >= 0.6 is 11.8 Å². The number of aromatic nitrogens is 3. The van der Waals surface area contributed by atoms with Crippen LogP contribution in [-0.2, 0) is 16.1 Å². The van der Waals surface area contributed by atoms with Crippen molar-refractivity contribution < 1.29 is 13.9 Å². The Labute approximate surface area is 186 Å². The van der Waals surface area contributed by atoms with Gasteiger partial charge in [0, 0.05) is 25.4 Å². The van der Waals surface area contributed by atoms with Gasteiger partial charge in [-0.15, -0.1) is 10.2 Å². The lowest BCUT2D eigenvalue weighted by atomic mass is 10.00. The number of carbonyl (C=O) groups excluding carboxylic acids is 1. The Balaban J connectivity index is 1.43. The number of amides is 1. The maximum absolute atomic E-state index is 13.7. The van der Waals surface area contributed by atoms with Crippen molar-refractivity contribution in [1.29, 1.82) is 0 Å². The SMILES string of the molecule is Cc1ccc(NC(=O)CSc2nnc(N3CCC(C)CC3)n2C[C@@H]2CCCO2)cc1F. The van der Waals surface area contributed by atoms with Gasteiger partial charge in [0.25, 0.3) is 0 Å². The molecule has 31 heavy (non-hydrogen) atoms. The van der Waals surface area contributed by atoms with E-state index in [1.165, 1.54) is 17.8 Å². The summed E-state index contributed by atoms with van der Waals surface area (Å²) in [6.45, 7) is 7.40. The van der Waals surface area contributed by atoms with Crippen LogP contribution in [0.5, 0.6) is 0 Å². The first-order valence-electron chi connectivity index (χ1n) is 11.0. The maximum atomic E-state index is 13.7. The van der Waals surface area contributed by atoms with Gasteiger partial charge in [-0.25, -0.2) is 4.39 Å². The second kappa shape index (κ2) is 9.99. The molecule has 2 fully saturated rings. The minimum atomic E-state index is -0.331. The molecular formula is C22H30FN5O2S. The molecule has 0 aliphatic carbocycles. The Morgan fingerprint density at radius 1 is 1.29 bits per heavy atom. The van der Waals surface area contributed by atoms with Gasteiger partial charge in [0.2, 0.25) is 11.9 Å². The van der Waals surface area contributed by atoms with E-state index >= 15 is 0 Å². The maximum Gasteiger partial charge on any atom is 0.234 e. The second-order valence-corrected chi connectivity index (χ2v) is 9.44. The molecular weight excluding hydrogens is 417 g/mol. The number of carbonyl (C=O) groups is 1. The molecule has 3 heterocycles. The highest BCUT2D eigenvalue weighted by Crippen LogP contribution is 2.28. The summed E-state index contributed by atoms with van der Waals surface area (Å²) in [7, 11) is 0. The Kier molecular flexibility index (Phi) is 7.12. The van der Waals surface area contributed by atoms with E-state index < -0.39 is 0 Å². The molecule has 0 unspecified atom stereocenters. The lowest BCUT2D eigenvalue weighted by Gasteiger charge is -2.31. The van der Waals surface area contributed by atoms with E-state index in [1.54, 1.807) is 19.1 Å². The number of aryl methyl sites for hydroxylation is 1. The van der Waals surface area contributed by atoms with Crippen molar-refractivity contribution in [3.8, 4) is 0 Å². The van der Waals surface area contributed by atoms with Crippen LogP contribution < -0.4 is 10.2 Å². The van der Waals surface area contributed by atoms with E-state index in [-0.39, 0.29) is 23.6 Å². The number of benzene rings is 1. The van der Waals surface area contributed by atoms with Gasteiger partial charge in [-0.3, -0.25) is 9.36 Å². The number of nitrogens with one attached hydrogen (secondary N) is 1. The summed E-state index contributed by atoms with van der Waals surface area (Å²) >= 11 is 1.35. The smallest absolute Gasteiger partial charge is 0.234 e. The number of hydrogen-bond acceptors (Lipinski definition) is 6. The first-order valence-corrected chi connectivity index (χ1v) is 12.0. The number of anilines is 2. The lowest BCUT2D eigenvalue weighted by molar-refractivity contribution is -0.113. The van der Waals surface area contributed by atoms with Crippen LogP contribution in [0.25, 0.3) is 0 Å². The topological polar surface area (TPSA) is 72.3 Å². The third-order valence-corrected chi connectivity index (χ3v) is 6.93. The fourth-order valence-electron chi connectivity index (χ4n) is 3.98. The number of thioether (sulfide) groups is 1. The number of rotatable bonds is 7. The number of ether oxygens (including phenoxy) is 1. The van der Waals surface area contributed by atoms with Crippen molar-refractivity contribution in [2.75, 3.05) is 35.7 Å². The highest BCUT2D eigenvalue weighted by molar-refractivity contribution is 7.99. The molecule has 0 spiro atoms. The Morgan fingerprint density at radius 3 is 2.81 bits per heavy atom. The Hall–Kier alpha value is -2.13. The van der Waals surface area contributed by atoms with Crippen LogP contribution in [0.3, 0.4) is 0 Å². The van der Waals surface area contributed by atoms with Crippen LogP contribution in [0.15, 0.2) is 23.4 Å². The summed E-state index contributed by atoms with van der Waals surface area (Å²) in [5, 5.41) is 12.3. The van der Waals surface area contributed by atoms with E-state index in [0.717, 1.165) is 57.2 Å². The van der Waals surface area contributed by atoms with Gasteiger partial charge in [-0.1, -0.05) is 24.8 Å². The monoisotopic (exact) mass is 447 g/mol. The van der Waals surface area contributed by atoms with Gasteiger partial charge in [0.15, 0.2) is 5.16 Å². The minimum absolute atomic E-state index is 0.155. The predicted octanol–water partition coefficient (Wildman–Crippen LogP) is 3.87. The highest BCUT2D eigenvalue weighted by Gasteiger charge is 2.26. The standard InChI is InChI=1S/C22H30FN5O2S/c1-15-7-9-27(10-8-15)21-25-26-22(28(21)13-18-4-3-11-30-18)31-14-20(29)24-17-6-5-16(2)19(23)12-17/h5-6,12,15,18H,3-4,7-11,13-14H2,1-2H3,(H,24,29)/t18-/m0/s1. The number of piperidine rings is 1. The summed E-state index contributed by atoms with van der Waals surface area (Å²) in [5.41, 5.74) is 1.01. The molecule has 1 aromatic heterocycles. The zero-order chi connectivity index (χ0) is 21.8. The van der Waals surface area contributed by atoms with Crippen LogP contribution in [-0.4, -0.2) is 52.2 Å². The van der Waals surface area contributed by atoms with E-state index in [9.17, 15) is 9.18 Å². The number of halogens is 1. The van der Waals surface area contributed by atoms with Gasteiger partial charge in [-0.05, 0) is 56.2 Å². The zero-order valence-corrected chi connectivity index (χ0v) is 19.0. The molecule has 7 nitrogen and oxygen atoms in total. The molecule has 2 aliphatic heterocycles. The second-order valence-electron chi connectivity index (χ2n) is 8.50. The molecule has 0 saturated carbocycles. The summed E-state index contributed by atoms with van der Waals surface area (Å²) in [4.78, 5) is 14.7. The van der Waals surface area contributed by atoms with Gasteiger partial charge in [-0.2, -0.15) is 0 Å². The van der Waals surface area contributed by atoms with Gasteiger partial charge < -0.3 is 15.0 Å². The van der Waals surface area contributed by atoms with Crippen LogP contribution in [0, 0.1) is 18.7 Å². The van der Waals surface area contributed by atoms with Crippen LogP contribution in [0.4, 0.5) is 16.0 Å². The average Bonchev–Trinajstić information content (AvgIpc) is 3.40. The van der Waals surface area contributed by atoms with Gasteiger partial charge >= 0.3 is 0 Å². The predicted molar refractivity (Wildman–Crippen MR) is 120 cm³/mol. The van der Waals surface area contributed by atoms with Crippen molar-refractivity contribution in [2.45, 2.75) is 57.3 Å². The summed E-state index contributed by atoms with van der Waals surface area (Å²) in [5.74, 6) is 1.24. The first kappa shape index (κ1) is 22.1. The van der Waals surface area contributed by atoms with E-state index in [2.05, 4.69) is 31.9 Å². The summed E-state index contributed by atoms with van der Waals surface area (Å²) in [6, 6.07) is 4.70. The van der Waals surface area contributed by atoms with Crippen molar-refractivity contribution in [1.82, 2.24) is 14.8 Å². The van der Waals surface area contributed by atoms with Gasteiger partial charge in [0.05, 0.1) is 18.4 Å². The average molecular weight is 448 g/mol. The zero-order valence-electron chi connectivity index (χ0n) is 18.1. The third-order valence-electron chi connectivity index (χ3n) is 5.96. The number of hydrogen-bond donors (Lipinski definition) is 1. The Morgan fingerprint density at radius 2 is 2.10 bits per heavy atom. The fourth-order valence-corrected chi connectivity index (χ4v) is 4.72. The lowest BCUT2D eigenvalue weighted by Crippen LogP contribution is -2.35. The van der Waals surface area contributed by atoms with Crippen LogP contribution in [0.2, 0.25) is 0 Å². The first-order chi connectivity index (χ1) is 15.0. The van der Waals surface area contributed by atoms with Gasteiger partial charge in [0.1, 0.15) is 5.82 Å². The summed E-state index contributed by atoms with van der Waals surface area (Å²) < 4.78 is 21.7. The van der Waals surface area contributed by atoms with Crippen molar-refractivity contribution in [3.63, 3.8) is 0 Å². The fraction of sp³-hybridized carbons (Fsp3) is 0.591. The molecule has 1 N–H and O–H groups in total. The summed E-state index contributed by atoms with van der Waals surface area (Å²) in [6.07, 6.45) is 4.54. The van der Waals surface area contributed by atoms with E-state index in [4.69, 9.17) is 4.74 Å². The molecule has 1 atom stereocenters. The molecule has 2 aromatic rings. The van der Waals surface area contributed by atoms with Crippen molar-refractivity contribution in [2.24, 2.45) is 5.92 Å². The van der Waals surface area contributed by atoms with E-state index in [1.807, 2.05) is 0 Å². The van der Waals surface area contributed by atoms with Crippen LogP contribution in [0.1, 0.15) is 38.2 Å². The molecule has 1 amide bonds. The molecule has 0 bridgehead atoms. The molecule has 2 saturated heterocycles. The quantitative estimate of drug-likeness (QED) is 0.650. The Bertz CT molecular complexity index is 907. The molecule has 9 heteroatoms. The third kappa shape index (κ3) is 5.57. The number of nitrogens with zero attached hydrogens (tertiary/aromatic N) is 4. The van der Waals surface area contributed by atoms with E-state index in [0.29, 0.717) is 23.0 Å². The minimum Gasteiger partial charge on any atom is -0.376 e. The molecule has 0 radical (unpaired) electrons. The normalized spacial score (nSPS) is 19.7. The van der Waals surface area contributed by atoms with Crippen molar-refractivity contribution in [3.05, 3.63) is 29.6 Å². The highest BCUT2D eigenvalue weighted by atomic mass is 32.2. The molecule has 1 aromatic carbocycles.